The summed E-state index contributed by atoms with van der Waals surface area (Å²) >= 11 is 1.68. The zero-order chi connectivity index (χ0) is 13.8. The summed E-state index contributed by atoms with van der Waals surface area (Å²) in [5.41, 5.74) is 2.24. The highest BCUT2D eigenvalue weighted by Crippen LogP contribution is 2.30. The zero-order valence-electron chi connectivity index (χ0n) is 10.7. The third kappa shape index (κ3) is 3.30. The molecule has 5 heteroatoms. The summed E-state index contributed by atoms with van der Waals surface area (Å²) in [5, 5.41) is 5.29. The Balaban J connectivity index is 2.22. The normalized spacial score (nSPS) is 12.7. The van der Waals surface area contributed by atoms with Crippen molar-refractivity contribution in [3.05, 3.63) is 51.7 Å². The van der Waals surface area contributed by atoms with E-state index in [2.05, 4.69) is 23.0 Å². The molecule has 0 fully saturated rings. The van der Waals surface area contributed by atoms with Crippen LogP contribution in [0.5, 0.6) is 5.75 Å². The van der Waals surface area contributed by atoms with Crippen LogP contribution in [0.15, 0.2) is 35.7 Å². The lowest BCUT2D eigenvalue weighted by molar-refractivity contribution is -0.0498. The molecule has 0 aliphatic carbocycles. The molecule has 1 aromatic heterocycles. The number of alkyl halides is 2. The monoisotopic (exact) mass is 283 g/mol. The second kappa shape index (κ2) is 6.12. The summed E-state index contributed by atoms with van der Waals surface area (Å²) in [4.78, 5) is 1.23. The van der Waals surface area contributed by atoms with Gasteiger partial charge in [0, 0.05) is 4.88 Å². The first-order chi connectivity index (χ1) is 9.11. The topological polar surface area (TPSA) is 21.3 Å². The van der Waals surface area contributed by atoms with Gasteiger partial charge in [0.05, 0.1) is 6.04 Å². The molecule has 0 saturated carbocycles. The minimum atomic E-state index is -2.79. The maximum atomic E-state index is 12.1. The van der Waals surface area contributed by atoms with Crippen molar-refractivity contribution in [2.24, 2.45) is 0 Å². The van der Waals surface area contributed by atoms with Crippen molar-refractivity contribution >= 4 is 11.3 Å². The Morgan fingerprint density at radius 3 is 2.32 bits per heavy atom. The van der Waals surface area contributed by atoms with Gasteiger partial charge in [-0.15, -0.1) is 11.3 Å². The van der Waals surface area contributed by atoms with Gasteiger partial charge in [-0.2, -0.15) is 8.78 Å². The number of hydrogen-bond donors (Lipinski definition) is 1. The number of hydrogen-bond acceptors (Lipinski definition) is 3. The molecule has 1 atom stereocenters. The summed E-state index contributed by atoms with van der Waals surface area (Å²) < 4.78 is 28.5. The molecule has 0 spiro atoms. The number of rotatable bonds is 5. The van der Waals surface area contributed by atoms with Crippen molar-refractivity contribution in [3.8, 4) is 5.75 Å². The second-order valence-corrected chi connectivity index (χ2v) is 5.08. The van der Waals surface area contributed by atoms with Gasteiger partial charge >= 0.3 is 6.61 Å². The lowest BCUT2D eigenvalue weighted by atomic mass is 10.0. The van der Waals surface area contributed by atoms with E-state index in [9.17, 15) is 8.78 Å². The van der Waals surface area contributed by atoms with Gasteiger partial charge in [0.1, 0.15) is 5.75 Å². The summed E-state index contributed by atoms with van der Waals surface area (Å²) in [5.74, 6) is 0.177. The molecule has 19 heavy (non-hydrogen) atoms. The van der Waals surface area contributed by atoms with Crippen LogP contribution in [0.3, 0.4) is 0 Å². The highest BCUT2D eigenvalue weighted by atomic mass is 32.1. The molecule has 1 aromatic carbocycles. The Morgan fingerprint density at radius 2 is 1.84 bits per heavy atom. The van der Waals surface area contributed by atoms with Gasteiger partial charge in [-0.1, -0.05) is 12.1 Å². The van der Waals surface area contributed by atoms with E-state index in [1.54, 1.807) is 35.6 Å². The van der Waals surface area contributed by atoms with Gasteiger partial charge in [-0.25, -0.2) is 0 Å². The number of benzene rings is 1. The fourth-order valence-corrected chi connectivity index (χ4v) is 3.03. The molecule has 0 saturated heterocycles. The molecular weight excluding hydrogens is 268 g/mol. The summed E-state index contributed by atoms with van der Waals surface area (Å²) in [7, 11) is 1.88. The van der Waals surface area contributed by atoms with Crippen LogP contribution in [0.1, 0.15) is 22.0 Å². The maximum Gasteiger partial charge on any atom is 0.387 e. The molecule has 2 nitrogen and oxygen atoms in total. The highest BCUT2D eigenvalue weighted by Gasteiger charge is 2.15. The van der Waals surface area contributed by atoms with Crippen molar-refractivity contribution in [2.45, 2.75) is 19.6 Å². The van der Waals surface area contributed by atoms with Crippen LogP contribution in [-0.4, -0.2) is 13.7 Å². The SMILES string of the molecule is CNC(c1ccc(OC(F)F)cc1)c1sccc1C. The van der Waals surface area contributed by atoms with Crippen LogP contribution in [-0.2, 0) is 0 Å². The first-order valence-electron chi connectivity index (χ1n) is 5.88. The molecule has 2 rings (SSSR count). The zero-order valence-corrected chi connectivity index (χ0v) is 11.5. The largest absolute Gasteiger partial charge is 0.435 e. The van der Waals surface area contributed by atoms with E-state index in [-0.39, 0.29) is 11.8 Å². The van der Waals surface area contributed by atoms with Crippen LogP contribution in [0.4, 0.5) is 8.78 Å². The van der Waals surface area contributed by atoms with Crippen molar-refractivity contribution in [2.75, 3.05) is 7.05 Å². The molecule has 0 aliphatic heterocycles. The average Bonchev–Trinajstić information content (AvgIpc) is 2.78. The van der Waals surface area contributed by atoms with Crippen LogP contribution < -0.4 is 10.1 Å². The third-order valence-corrected chi connectivity index (χ3v) is 3.97. The molecule has 1 unspecified atom stereocenters. The number of ether oxygens (including phenoxy) is 1. The van der Waals surface area contributed by atoms with Gasteiger partial charge in [0.2, 0.25) is 0 Å². The maximum absolute atomic E-state index is 12.1. The quantitative estimate of drug-likeness (QED) is 0.896. The molecule has 0 radical (unpaired) electrons. The van der Waals surface area contributed by atoms with Gasteiger partial charge in [0.15, 0.2) is 0 Å². The molecule has 102 valence electrons. The fourth-order valence-electron chi connectivity index (χ4n) is 1.97. The van der Waals surface area contributed by atoms with Gasteiger partial charge in [0.25, 0.3) is 0 Å². The van der Waals surface area contributed by atoms with Gasteiger partial charge in [-0.05, 0) is 48.7 Å². The predicted molar refractivity (Wildman–Crippen MR) is 73.0 cm³/mol. The van der Waals surface area contributed by atoms with E-state index >= 15 is 0 Å². The van der Waals surface area contributed by atoms with Crippen LogP contribution in [0, 0.1) is 6.92 Å². The van der Waals surface area contributed by atoms with Gasteiger partial charge < -0.3 is 10.1 Å². The molecule has 0 aliphatic rings. The number of halogens is 2. The molecule has 0 amide bonds. The molecule has 1 heterocycles. The lowest BCUT2D eigenvalue weighted by Gasteiger charge is -2.17. The van der Waals surface area contributed by atoms with E-state index < -0.39 is 6.61 Å². The van der Waals surface area contributed by atoms with E-state index in [1.165, 1.54) is 10.4 Å². The van der Waals surface area contributed by atoms with Gasteiger partial charge in [-0.3, -0.25) is 0 Å². The average molecular weight is 283 g/mol. The van der Waals surface area contributed by atoms with Crippen LogP contribution in [0.2, 0.25) is 0 Å². The summed E-state index contributed by atoms with van der Waals surface area (Å²) in [6.45, 7) is -0.727. The summed E-state index contributed by atoms with van der Waals surface area (Å²) in [6.07, 6.45) is 0. The van der Waals surface area contributed by atoms with E-state index in [0.717, 1.165) is 5.56 Å². The van der Waals surface area contributed by atoms with Crippen molar-refractivity contribution in [3.63, 3.8) is 0 Å². The number of nitrogens with one attached hydrogen (secondary N) is 1. The minimum Gasteiger partial charge on any atom is -0.435 e. The van der Waals surface area contributed by atoms with Crippen molar-refractivity contribution in [1.29, 1.82) is 0 Å². The van der Waals surface area contributed by atoms with Crippen LogP contribution >= 0.6 is 11.3 Å². The fraction of sp³-hybridized carbons (Fsp3) is 0.286. The first kappa shape index (κ1) is 14.0. The number of aryl methyl sites for hydroxylation is 1. The molecule has 2 aromatic rings. The second-order valence-electron chi connectivity index (χ2n) is 4.14. The van der Waals surface area contributed by atoms with Crippen molar-refractivity contribution < 1.29 is 13.5 Å². The van der Waals surface area contributed by atoms with E-state index in [0.29, 0.717) is 0 Å². The standard InChI is InChI=1S/C14H15F2NOS/c1-9-7-8-19-13(9)12(17-2)10-3-5-11(6-4-10)18-14(15)16/h3-8,12,14,17H,1-2H3. The summed E-state index contributed by atoms with van der Waals surface area (Å²) in [6, 6.07) is 8.87. The molecule has 1 N–H and O–H groups in total. The van der Waals surface area contributed by atoms with E-state index in [4.69, 9.17) is 0 Å². The number of thiophene rings is 1. The Morgan fingerprint density at radius 1 is 1.16 bits per heavy atom. The highest BCUT2D eigenvalue weighted by molar-refractivity contribution is 7.10. The Hall–Kier alpha value is -1.46. The van der Waals surface area contributed by atoms with E-state index in [1.807, 2.05) is 12.4 Å². The first-order valence-corrected chi connectivity index (χ1v) is 6.76. The predicted octanol–water partition coefficient (Wildman–Crippen LogP) is 3.97. The lowest BCUT2D eigenvalue weighted by Crippen LogP contribution is -2.17. The van der Waals surface area contributed by atoms with Crippen LogP contribution in [0.25, 0.3) is 0 Å². The molecular formula is C14H15F2NOS. The molecule has 0 bridgehead atoms. The van der Waals surface area contributed by atoms with Crippen molar-refractivity contribution in [1.82, 2.24) is 5.32 Å². The minimum absolute atomic E-state index is 0.0700. The third-order valence-electron chi connectivity index (χ3n) is 2.89. The Kier molecular flexibility index (Phi) is 4.50. The Bertz CT molecular complexity index is 524. The Labute approximate surface area is 115 Å². The smallest absolute Gasteiger partial charge is 0.387 e.